The minimum Gasteiger partial charge on any atom is -0.486 e. The Morgan fingerprint density at radius 3 is 2.39 bits per heavy atom. The second kappa shape index (κ2) is 11.5. The van der Waals surface area contributed by atoms with Gasteiger partial charge in [-0.3, -0.25) is 14.7 Å². The van der Waals surface area contributed by atoms with Crippen LogP contribution in [0.2, 0.25) is 15.1 Å². The molecule has 0 saturated heterocycles. The van der Waals surface area contributed by atoms with Crippen LogP contribution in [0.4, 0.5) is 4.39 Å². The third-order valence-electron chi connectivity index (χ3n) is 5.16. The van der Waals surface area contributed by atoms with Crippen molar-refractivity contribution in [2.75, 3.05) is 6.54 Å². The summed E-state index contributed by atoms with van der Waals surface area (Å²) in [6.07, 6.45) is 0. The summed E-state index contributed by atoms with van der Waals surface area (Å²) < 4.78 is 21.4. The average Bonchev–Trinajstić information content (AvgIpc) is 3.19. The van der Waals surface area contributed by atoms with Crippen LogP contribution in [0.3, 0.4) is 0 Å². The number of nitrogens with zero attached hydrogens (tertiary/aromatic N) is 4. The van der Waals surface area contributed by atoms with Crippen molar-refractivity contribution in [3.05, 3.63) is 109 Å². The molecule has 0 bridgehead atoms. The highest BCUT2D eigenvalue weighted by Gasteiger charge is 2.26. The summed E-state index contributed by atoms with van der Waals surface area (Å²) in [6.45, 7) is 1.28. The maximum Gasteiger partial charge on any atom is 0.220 e. The Morgan fingerprint density at radius 2 is 1.75 bits per heavy atom. The van der Waals surface area contributed by atoms with Gasteiger partial charge in [0, 0.05) is 21.2 Å². The maximum atomic E-state index is 13.9. The number of benzene rings is 3. The minimum absolute atomic E-state index is 0.0813. The van der Waals surface area contributed by atoms with Gasteiger partial charge < -0.3 is 4.74 Å². The standard InChI is InChI=1S/C24H18Cl3FN4O3S/c1-14-29-30-24(32(14)18-8-6-17(25)7-9-18)36-22(12-31(33)34)16-10-19(26)23(20(27)11-16)35-13-15-4-2-3-5-21(15)28/h2-11,22H,12-13H2,1H3/t22-/m1/s1. The van der Waals surface area contributed by atoms with E-state index >= 15 is 0 Å². The molecule has 7 nitrogen and oxygen atoms in total. The van der Waals surface area contributed by atoms with Crippen molar-refractivity contribution in [2.24, 2.45) is 0 Å². The van der Waals surface area contributed by atoms with Crippen molar-refractivity contribution in [2.45, 2.75) is 23.9 Å². The van der Waals surface area contributed by atoms with E-state index in [0.717, 1.165) is 17.4 Å². The predicted molar refractivity (Wildman–Crippen MR) is 139 cm³/mol. The summed E-state index contributed by atoms with van der Waals surface area (Å²) in [5.74, 6) is 0.354. The van der Waals surface area contributed by atoms with Gasteiger partial charge in [0.25, 0.3) is 0 Å². The summed E-state index contributed by atoms with van der Waals surface area (Å²) in [5.41, 5.74) is 1.61. The third kappa shape index (κ3) is 6.10. The first-order valence-electron chi connectivity index (χ1n) is 10.5. The van der Waals surface area contributed by atoms with Crippen LogP contribution in [0.25, 0.3) is 5.69 Å². The monoisotopic (exact) mass is 566 g/mol. The van der Waals surface area contributed by atoms with Crippen LogP contribution < -0.4 is 4.74 Å². The van der Waals surface area contributed by atoms with Crippen molar-refractivity contribution in [3.63, 3.8) is 0 Å². The van der Waals surface area contributed by atoms with Crippen LogP contribution in [0, 0.1) is 22.9 Å². The van der Waals surface area contributed by atoms with E-state index in [2.05, 4.69) is 10.2 Å². The lowest BCUT2D eigenvalue weighted by Crippen LogP contribution is -2.11. The van der Waals surface area contributed by atoms with Gasteiger partial charge in [-0.05, 0) is 55.0 Å². The molecule has 4 aromatic rings. The molecule has 0 aliphatic rings. The number of aryl methyl sites for hydroxylation is 1. The van der Waals surface area contributed by atoms with Gasteiger partial charge in [-0.25, -0.2) is 4.39 Å². The predicted octanol–water partition coefficient (Wildman–Crippen LogP) is 7.36. The van der Waals surface area contributed by atoms with Crippen molar-refractivity contribution < 1.29 is 14.1 Å². The Labute approximate surface area is 225 Å². The fourth-order valence-electron chi connectivity index (χ4n) is 3.45. The second-order valence-electron chi connectivity index (χ2n) is 7.66. The van der Waals surface area contributed by atoms with Gasteiger partial charge in [-0.1, -0.05) is 64.8 Å². The SMILES string of the molecule is Cc1nnc(S[C@H](C[N+](=O)[O-])c2cc(Cl)c(OCc3ccccc3F)c(Cl)c2)n1-c1ccc(Cl)cc1. The number of hydrogen-bond acceptors (Lipinski definition) is 6. The van der Waals surface area contributed by atoms with Crippen molar-refractivity contribution in [3.8, 4) is 11.4 Å². The third-order valence-corrected chi connectivity index (χ3v) is 7.16. The lowest BCUT2D eigenvalue weighted by Gasteiger charge is -2.17. The molecule has 12 heteroatoms. The fourth-order valence-corrected chi connectivity index (χ4v) is 5.34. The molecule has 36 heavy (non-hydrogen) atoms. The van der Waals surface area contributed by atoms with Crippen LogP contribution in [0.1, 0.15) is 22.2 Å². The Hall–Kier alpha value is -2.85. The molecule has 0 fully saturated rings. The molecule has 0 aliphatic heterocycles. The number of ether oxygens (including phenoxy) is 1. The smallest absolute Gasteiger partial charge is 0.220 e. The first-order chi connectivity index (χ1) is 17.2. The molecule has 0 radical (unpaired) electrons. The van der Waals surface area contributed by atoms with Gasteiger partial charge in [0.1, 0.15) is 23.5 Å². The average molecular weight is 568 g/mol. The van der Waals surface area contributed by atoms with Crippen molar-refractivity contribution in [1.29, 1.82) is 0 Å². The highest BCUT2D eigenvalue weighted by atomic mass is 35.5. The minimum atomic E-state index is -0.690. The van der Waals surface area contributed by atoms with Gasteiger partial charge in [-0.2, -0.15) is 0 Å². The lowest BCUT2D eigenvalue weighted by atomic mass is 10.1. The first kappa shape index (κ1) is 26.2. The maximum absolute atomic E-state index is 13.9. The van der Waals surface area contributed by atoms with E-state index in [-0.39, 0.29) is 22.4 Å². The van der Waals surface area contributed by atoms with Gasteiger partial charge >= 0.3 is 0 Å². The van der Waals surface area contributed by atoms with Gasteiger partial charge in [0.05, 0.1) is 10.0 Å². The zero-order chi connectivity index (χ0) is 25.8. The molecule has 3 aromatic carbocycles. The molecule has 0 unspecified atom stereocenters. The number of aromatic nitrogens is 3. The Kier molecular flexibility index (Phi) is 8.35. The van der Waals surface area contributed by atoms with Crippen molar-refractivity contribution in [1.82, 2.24) is 14.8 Å². The highest BCUT2D eigenvalue weighted by Crippen LogP contribution is 2.42. The molecule has 186 valence electrons. The van der Waals surface area contributed by atoms with E-state index in [4.69, 9.17) is 39.5 Å². The molecular weight excluding hydrogens is 550 g/mol. The van der Waals surface area contributed by atoms with Crippen molar-refractivity contribution >= 4 is 46.6 Å². The van der Waals surface area contributed by atoms with Crippen LogP contribution in [0.15, 0.2) is 65.8 Å². The second-order valence-corrected chi connectivity index (χ2v) is 10.1. The Balaban J connectivity index is 1.62. The highest BCUT2D eigenvalue weighted by molar-refractivity contribution is 7.99. The van der Waals surface area contributed by atoms with E-state index in [1.807, 2.05) is 0 Å². The Morgan fingerprint density at radius 1 is 1.08 bits per heavy atom. The summed E-state index contributed by atoms with van der Waals surface area (Å²) in [4.78, 5) is 11.1. The Bertz CT molecular complexity index is 1380. The van der Waals surface area contributed by atoms with E-state index < -0.39 is 22.5 Å². The largest absolute Gasteiger partial charge is 0.486 e. The van der Waals surface area contributed by atoms with Gasteiger partial charge in [-0.15, -0.1) is 10.2 Å². The number of nitro groups is 1. The first-order valence-corrected chi connectivity index (χ1v) is 12.6. The quantitative estimate of drug-likeness (QED) is 0.119. The van der Waals surface area contributed by atoms with Crippen LogP contribution in [-0.4, -0.2) is 26.2 Å². The lowest BCUT2D eigenvalue weighted by molar-refractivity contribution is -0.479. The number of halogens is 4. The summed E-state index contributed by atoms with van der Waals surface area (Å²) >= 11 is 20.1. The summed E-state index contributed by atoms with van der Waals surface area (Å²) in [7, 11) is 0. The molecule has 0 spiro atoms. The zero-order valence-electron chi connectivity index (χ0n) is 18.7. The zero-order valence-corrected chi connectivity index (χ0v) is 21.8. The molecule has 1 heterocycles. The van der Waals surface area contributed by atoms with Crippen LogP contribution in [-0.2, 0) is 6.61 Å². The number of hydrogen-bond donors (Lipinski definition) is 0. The van der Waals surface area contributed by atoms with E-state index in [9.17, 15) is 14.5 Å². The molecule has 1 aromatic heterocycles. The molecule has 0 amide bonds. The van der Waals surface area contributed by atoms with Gasteiger partial charge in [0.15, 0.2) is 10.9 Å². The number of thioether (sulfide) groups is 1. The van der Waals surface area contributed by atoms with Crippen LogP contribution >= 0.6 is 46.6 Å². The molecule has 0 saturated carbocycles. The molecule has 4 rings (SSSR count). The number of rotatable bonds is 9. The van der Waals surface area contributed by atoms with E-state index in [0.29, 0.717) is 27.1 Å². The molecule has 0 N–H and O–H groups in total. The van der Waals surface area contributed by atoms with Gasteiger partial charge in [0.2, 0.25) is 6.54 Å². The normalized spacial score (nSPS) is 11.9. The topological polar surface area (TPSA) is 83.1 Å². The summed E-state index contributed by atoms with van der Waals surface area (Å²) in [6, 6.07) is 16.4. The fraction of sp³-hybridized carbons (Fsp3) is 0.167. The molecular formula is C24H18Cl3FN4O3S. The molecule has 1 atom stereocenters. The van der Waals surface area contributed by atoms with Crippen LogP contribution in [0.5, 0.6) is 5.75 Å². The van der Waals surface area contributed by atoms with E-state index in [1.54, 1.807) is 66.1 Å². The summed E-state index contributed by atoms with van der Waals surface area (Å²) in [5, 5.41) is 20.5. The van der Waals surface area contributed by atoms with E-state index in [1.165, 1.54) is 6.07 Å². The molecule has 0 aliphatic carbocycles.